The smallest absolute Gasteiger partial charge is 0.251 e. The van der Waals surface area contributed by atoms with Crippen molar-refractivity contribution in [2.24, 2.45) is 0 Å². The van der Waals surface area contributed by atoms with Crippen LogP contribution in [0.1, 0.15) is 31.1 Å². The second-order valence-corrected chi connectivity index (χ2v) is 7.73. The number of carbonyl (C=O) groups excluding carboxylic acids is 2. The molecule has 0 spiro atoms. The molecule has 1 aliphatic heterocycles. The van der Waals surface area contributed by atoms with E-state index in [0.717, 1.165) is 11.0 Å². The summed E-state index contributed by atoms with van der Waals surface area (Å²) in [5, 5.41) is 5.43. The maximum absolute atomic E-state index is 12.5. The summed E-state index contributed by atoms with van der Waals surface area (Å²) < 4.78 is 12.5. The highest BCUT2D eigenvalue weighted by Gasteiger charge is 2.23. The number of hydrogen-bond acceptors (Lipinski definition) is 5. The maximum Gasteiger partial charge on any atom is 0.251 e. The summed E-state index contributed by atoms with van der Waals surface area (Å²) >= 11 is 0. The molecule has 8 nitrogen and oxygen atoms in total. The number of para-hydroxylation sites is 2. The van der Waals surface area contributed by atoms with Crippen LogP contribution in [0.25, 0.3) is 11.0 Å². The third-order valence-electron chi connectivity index (χ3n) is 4.53. The predicted octanol–water partition coefficient (Wildman–Crippen LogP) is 2.89. The van der Waals surface area contributed by atoms with Gasteiger partial charge in [0.05, 0.1) is 17.6 Å². The van der Waals surface area contributed by atoms with Crippen LogP contribution >= 0.6 is 0 Å². The molecule has 1 aliphatic rings. The molecular weight excluding hydrogens is 372 g/mol. The van der Waals surface area contributed by atoms with E-state index in [2.05, 4.69) is 15.6 Å². The Bertz CT molecular complexity index is 1100. The Morgan fingerprint density at radius 3 is 2.66 bits per heavy atom. The van der Waals surface area contributed by atoms with Gasteiger partial charge >= 0.3 is 0 Å². The molecule has 0 fully saturated rings. The van der Waals surface area contributed by atoms with Crippen LogP contribution in [0.4, 0.5) is 5.95 Å². The average molecular weight is 394 g/mol. The molecule has 150 valence electrons. The van der Waals surface area contributed by atoms with Crippen molar-refractivity contribution in [3.63, 3.8) is 0 Å². The van der Waals surface area contributed by atoms with Crippen LogP contribution in [0.3, 0.4) is 0 Å². The minimum Gasteiger partial charge on any atom is -0.454 e. The number of rotatable bonds is 4. The molecule has 2 heterocycles. The number of imidazole rings is 1. The van der Waals surface area contributed by atoms with Gasteiger partial charge in [0.25, 0.3) is 5.91 Å². The number of nitrogens with one attached hydrogen (secondary N) is 2. The number of amides is 2. The maximum atomic E-state index is 12.5. The van der Waals surface area contributed by atoms with Crippen LogP contribution in [-0.2, 0) is 10.3 Å². The zero-order valence-electron chi connectivity index (χ0n) is 16.5. The summed E-state index contributed by atoms with van der Waals surface area (Å²) in [7, 11) is 0. The van der Waals surface area contributed by atoms with Crippen molar-refractivity contribution >= 4 is 28.8 Å². The van der Waals surface area contributed by atoms with Crippen molar-refractivity contribution in [3.8, 4) is 11.5 Å². The van der Waals surface area contributed by atoms with Crippen molar-refractivity contribution in [3.05, 3.63) is 48.0 Å². The molecule has 0 aliphatic carbocycles. The highest BCUT2D eigenvalue weighted by molar-refractivity contribution is 5.99. The van der Waals surface area contributed by atoms with Crippen LogP contribution in [0.5, 0.6) is 11.5 Å². The molecule has 3 aromatic rings. The molecule has 2 N–H and O–H groups in total. The molecule has 2 aromatic carbocycles. The Labute approximate surface area is 167 Å². The van der Waals surface area contributed by atoms with Crippen molar-refractivity contribution in [1.29, 1.82) is 0 Å². The first-order valence-corrected chi connectivity index (χ1v) is 9.28. The first kappa shape index (κ1) is 18.8. The van der Waals surface area contributed by atoms with Gasteiger partial charge in [-0.05, 0) is 51.1 Å². The van der Waals surface area contributed by atoms with Gasteiger partial charge in [-0.1, -0.05) is 12.1 Å². The van der Waals surface area contributed by atoms with Gasteiger partial charge in [-0.25, -0.2) is 4.98 Å². The van der Waals surface area contributed by atoms with Crippen LogP contribution in [0, 0.1) is 0 Å². The van der Waals surface area contributed by atoms with E-state index in [4.69, 9.17) is 9.47 Å². The molecule has 1 aromatic heterocycles. The molecule has 4 rings (SSSR count). The molecule has 0 saturated carbocycles. The first-order chi connectivity index (χ1) is 13.8. The second-order valence-electron chi connectivity index (χ2n) is 7.73. The van der Waals surface area contributed by atoms with Crippen molar-refractivity contribution < 1.29 is 19.1 Å². The Balaban J connectivity index is 1.46. The van der Waals surface area contributed by atoms with E-state index in [1.165, 1.54) is 0 Å². The molecule has 0 bridgehead atoms. The summed E-state index contributed by atoms with van der Waals surface area (Å²) in [6.07, 6.45) is 0. The summed E-state index contributed by atoms with van der Waals surface area (Å²) in [4.78, 5) is 29.4. The lowest BCUT2D eigenvalue weighted by Crippen LogP contribution is -2.34. The third kappa shape index (κ3) is 3.73. The van der Waals surface area contributed by atoms with Crippen molar-refractivity contribution in [1.82, 2.24) is 14.9 Å². The lowest BCUT2D eigenvalue weighted by atomic mass is 10.1. The number of anilines is 1. The Kier molecular flexibility index (Phi) is 4.62. The van der Waals surface area contributed by atoms with Gasteiger partial charge in [-0.2, -0.15) is 0 Å². The van der Waals surface area contributed by atoms with Gasteiger partial charge in [0, 0.05) is 11.1 Å². The standard InChI is InChI=1S/C21H22N4O4/c1-21(2,3)25-15-7-5-4-6-14(15)23-20(25)24-18(26)11-22-19(27)13-8-9-16-17(10-13)29-12-28-16/h4-10H,11-12H2,1-3H3,(H,22,27)(H,23,24,26). The van der Waals surface area contributed by atoms with Crippen molar-refractivity contribution in [2.75, 3.05) is 18.7 Å². The van der Waals surface area contributed by atoms with E-state index < -0.39 is 0 Å². The topological polar surface area (TPSA) is 94.5 Å². The lowest BCUT2D eigenvalue weighted by Gasteiger charge is -2.24. The average Bonchev–Trinajstić information content (AvgIpc) is 3.28. The zero-order chi connectivity index (χ0) is 20.6. The summed E-state index contributed by atoms with van der Waals surface area (Å²) in [5.74, 6) is 0.824. The number of aromatic nitrogens is 2. The van der Waals surface area contributed by atoms with Gasteiger partial charge in [0.2, 0.25) is 18.6 Å². The molecule has 0 atom stereocenters. The summed E-state index contributed by atoms with van der Waals surface area (Å²) in [5.41, 5.74) is 1.83. The second kappa shape index (κ2) is 7.12. The van der Waals surface area contributed by atoms with Gasteiger partial charge in [-0.15, -0.1) is 0 Å². The monoisotopic (exact) mass is 394 g/mol. The minimum atomic E-state index is -0.372. The van der Waals surface area contributed by atoms with Crippen molar-refractivity contribution in [2.45, 2.75) is 26.3 Å². The van der Waals surface area contributed by atoms with Gasteiger partial charge in [0.15, 0.2) is 11.5 Å². The Morgan fingerprint density at radius 2 is 1.86 bits per heavy atom. The fourth-order valence-electron chi connectivity index (χ4n) is 3.26. The molecular formula is C21H22N4O4. The molecule has 8 heteroatoms. The van der Waals surface area contributed by atoms with E-state index in [9.17, 15) is 9.59 Å². The highest BCUT2D eigenvalue weighted by Crippen LogP contribution is 2.32. The SMILES string of the molecule is CC(C)(C)n1c(NC(=O)CNC(=O)c2ccc3c(c2)OCO3)nc2ccccc21. The molecule has 0 unspecified atom stereocenters. The van der Waals surface area contributed by atoms with Crippen LogP contribution in [0.2, 0.25) is 0 Å². The third-order valence-corrected chi connectivity index (χ3v) is 4.53. The van der Waals surface area contributed by atoms with E-state index in [0.29, 0.717) is 23.0 Å². The number of benzene rings is 2. The normalized spacial score (nSPS) is 12.8. The van der Waals surface area contributed by atoms with E-state index in [1.54, 1.807) is 18.2 Å². The number of carbonyl (C=O) groups is 2. The predicted molar refractivity (Wildman–Crippen MR) is 108 cm³/mol. The molecule has 0 radical (unpaired) electrons. The van der Waals surface area contributed by atoms with Gasteiger partial charge in [-0.3, -0.25) is 14.9 Å². The molecule has 0 saturated heterocycles. The van der Waals surface area contributed by atoms with Gasteiger partial charge in [0.1, 0.15) is 0 Å². The van der Waals surface area contributed by atoms with E-state index >= 15 is 0 Å². The largest absolute Gasteiger partial charge is 0.454 e. The highest BCUT2D eigenvalue weighted by atomic mass is 16.7. The fourth-order valence-corrected chi connectivity index (χ4v) is 3.26. The van der Waals surface area contributed by atoms with Gasteiger partial charge < -0.3 is 19.4 Å². The number of hydrogen-bond donors (Lipinski definition) is 2. The van der Waals surface area contributed by atoms with Crippen LogP contribution in [-0.4, -0.2) is 34.7 Å². The number of ether oxygens (including phenoxy) is 2. The lowest BCUT2D eigenvalue weighted by molar-refractivity contribution is -0.115. The number of nitrogens with zero attached hydrogens (tertiary/aromatic N) is 2. The van der Waals surface area contributed by atoms with Crippen LogP contribution < -0.4 is 20.1 Å². The van der Waals surface area contributed by atoms with E-state index in [1.807, 2.05) is 49.6 Å². The quantitative estimate of drug-likeness (QED) is 0.710. The summed E-state index contributed by atoms with van der Waals surface area (Å²) in [6, 6.07) is 12.6. The van der Waals surface area contributed by atoms with E-state index in [-0.39, 0.29) is 30.7 Å². The zero-order valence-corrected chi connectivity index (χ0v) is 16.5. The Hall–Kier alpha value is -3.55. The minimum absolute atomic E-state index is 0.136. The molecule has 29 heavy (non-hydrogen) atoms. The summed E-state index contributed by atoms with van der Waals surface area (Å²) in [6.45, 7) is 6.08. The Morgan fingerprint density at radius 1 is 1.10 bits per heavy atom. The first-order valence-electron chi connectivity index (χ1n) is 9.28. The molecule has 2 amide bonds. The fraction of sp³-hybridized carbons (Fsp3) is 0.286. The number of fused-ring (bicyclic) bond motifs is 2. The van der Waals surface area contributed by atoms with Crippen LogP contribution in [0.15, 0.2) is 42.5 Å².